The summed E-state index contributed by atoms with van der Waals surface area (Å²) in [6.45, 7) is 0.597. The molecule has 1 atom stereocenters. The van der Waals surface area contributed by atoms with Gasteiger partial charge in [0.2, 0.25) is 5.91 Å². The van der Waals surface area contributed by atoms with Gasteiger partial charge in [-0.1, -0.05) is 40.9 Å². The largest absolute Gasteiger partial charge is 0.335 e. The van der Waals surface area contributed by atoms with Crippen molar-refractivity contribution in [1.82, 2.24) is 9.88 Å². The first-order valence-corrected chi connectivity index (χ1v) is 11.7. The van der Waals surface area contributed by atoms with E-state index < -0.39 is 15.6 Å². The summed E-state index contributed by atoms with van der Waals surface area (Å²) < 4.78 is 26.1. The molecule has 0 radical (unpaired) electrons. The standard InChI is InChI=1S/C20H23BrN2O3S/c21-18-7-5-16(6-8-18)14-27(25,26)15-20(24)23-13-3-1-2-4-19(23)17-9-11-22-12-10-17/h5-12,19H,1-4,13-15H2. The van der Waals surface area contributed by atoms with Crippen LogP contribution in [0.15, 0.2) is 53.3 Å². The Balaban J connectivity index is 1.74. The SMILES string of the molecule is O=C(CS(=O)(=O)Cc1ccc(Br)cc1)N1CCCCCC1c1ccncc1. The molecule has 1 aromatic heterocycles. The molecule has 0 saturated carbocycles. The molecule has 1 aliphatic rings. The first kappa shape index (κ1) is 20.0. The lowest BCUT2D eigenvalue weighted by molar-refractivity contribution is -0.130. The number of carbonyl (C=O) groups is 1. The van der Waals surface area contributed by atoms with Gasteiger partial charge in [0, 0.05) is 23.4 Å². The molecule has 1 amide bonds. The van der Waals surface area contributed by atoms with Gasteiger partial charge in [0.15, 0.2) is 9.84 Å². The van der Waals surface area contributed by atoms with Gasteiger partial charge in [0.1, 0.15) is 5.75 Å². The lowest BCUT2D eigenvalue weighted by atomic mass is 10.0. The molecule has 2 aromatic rings. The van der Waals surface area contributed by atoms with Crippen LogP contribution in [0.4, 0.5) is 0 Å². The van der Waals surface area contributed by atoms with Crippen molar-refractivity contribution in [1.29, 1.82) is 0 Å². The van der Waals surface area contributed by atoms with Gasteiger partial charge in [-0.15, -0.1) is 0 Å². The molecule has 1 aromatic carbocycles. The predicted molar refractivity (Wildman–Crippen MR) is 109 cm³/mol. The van der Waals surface area contributed by atoms with Gasteiger partial charge in [-0.2, -0.15) is 0 Å². The molecule has 1 saturated heterocycles. The summed E-state index contributed by atoms with van der Waals surface area (Å²) in [5.74, 6) is -0.888. The molecule has 3 rings (SSSR count). The van der Waals surface area contributed by atoms with Crippen LogP contribution in [0.25, 0.3) is 0 Å². The number of hydrogen-bond acceptors (Lipinski definition) is 4. The minimum Gasteiger partial charge on any atom is -0.335 e. The van der Waals surface area contributed by atoms with E-state index in [4.69, 9.17) is 0 Å². The molecule has 27 heavy (non-hydrogen) atoms. The Morgan fingerprint density at radius 1 is 1.07 bits per heavy atom. The molecule has 2 heterocycles. The van der Waals surface area contributed by atoms with E-state index in [2.05, 4.69) is 20.9 Å². The van der Waals surface area contributed by atoms with Crippen LogP contribution in [0, 0.1) is 0 Å². The van der Waals surface area contributed by atoms with E-state index in [0.29, 0.717) is 12.1 Å². The zero-order valence-electron chi connectivity index (χ0n) is 15.1. The molecule has 7 heteroatoms. The summed E-state index contributed by atoms with van der Waals surface area (Å²) in [4.78, 5) is 18.7. The number of halogens is 1. The molecule has 1 aliphatic heterocycles. The number of amides is 1. The number of benzene rings is 1. The fraction of sp³-hybridized carbons (Fsp3) is 0.400. The second-order valence-corrected chi connectivity index (χ2v) is 9.87. The number of hydrogen-bond donors (Lipinski definition) is 0. The Labute approximate surface area is 168 Å². The van der Waals surface area contributed by atoms with Gasteiger partial charge >= 0.3 is 0 Å². The number of rotatable bonds is 5. The van der Waals surface area contributed by atoms with Crippen LogP contribution < -0.4 is 0 Å². The van der Waals surface area contributed by atoms with Crippen molar-refractivity contribution < 1.29 is 13.2 Å². The lowest BCUT2D eigenvalue weighted by Gasteiger charge is -2.30. The van der Waals surface area contributed by atoms with Crippen molar-refractivity contribution in [3.05, 3.63) is 64.4 Å². The third-order valence-electron chi connectivity index (χ3n) is 4.81. The van der Waals surface area contributed by atoms with Gasteiger partial charge in [0.05, 0.1) is 11.8 Å². The van der Waals surface area contributed by atoms with Crippen LogP contribution in [0.5, 0.6) is 0 Å². The average Bonchev–Trinajstić information content (AvgIpc) is 2.90. The van der Waals surface area contributed by atoms with Crippen LogP contribution >= 0.6 is 15.9 Å². The maximum atomic E-state index is 12.9. The van der Waals surface area contributed by atoms with E-state index in [9.17, 15) is 13.2 Å². The molecule has 0 N–H and O–H groups in total. The number of sulfone groups is 1. The minimum atomic E-state index is -3.53. The summed E-state index contributed by atoms with van der Waals surface area (Å²) in [6, 6.07) is 10.9. The average molecular weight is 451 g/mol. The van der Waals surface area contributed by atoms with E-state index >= 15 is 0 Å². The van der Waals surface area contributed by atoms with E-state index in [1.54, 1.807) is 41.6 Å². The van der Waals surface area contributed by atoms with Crippen molar-refractivity contribution in [3.8, 4) is 0 Å². The fourth-order valence-electron chi connectivity index (χ4n) is 3.50. The third-order valence-corrected chi connectivity index (χ3v) is 6.80. The molecular weight excluding hydrogens is 428 g/mol. The number of nitrogens with zero attached hydrogens (tertiary/aromatic N) is 2. The quantitative estimate of drug-likeness (QED) is 0.692. The van der Waals surface area contributed by atoms with Gasteiger partial charge in [-0.25, -0.2) is 8.42 Å². The monoisotopic (exact) mass is 450 g/mol. The van der Waals surface area contributed by atoms with Crippen molar-refractivity contribution in [2.75, 3.05) is 12.3 Å². The highest BCUT2D eigenvalue weighted by Gasteiger charge is 2.29. The van der Waals surface area contributed by atoms with Crippen LogP contribution in [0.2, 0.25) is 0 Å². The van der Waals surface area contributed by atoms with Gasteiger partial charge in [0.25, 0.3) is 0 Å². The van der Waals surface area contributed by atoms with Crippen molar-refractivity contribution in [3.63, 3.8) is 0 Å². The van der Waals surface area contributed by atoms with Gasteiger partial charge in [-0.3, -0.25) is 9.78 Å². The van der Waals surface area contributed by atoms with Crippen molar-refractivity contribution in [2.45, 2.75) is 37.5 Å². The molecule has 0 aliphatic carbocycles. The highest BCUT2D eigenvalue weighted by atomic mass is 79.9. The summed E-state index contributed by atoms with van der Waals surface area (Å²) in [6.07, 6.45) is 7.27. The highest BCUT2D eigenvalue weighted by Crippen LogP contribution is 2.30. The second-order valence-electron chi connectivity index (χ2n) is 6.89. The van der Waals surface area contributed by atoms with Crippen LogP contribution in [-0.2, 0) is 20.4 Å². The van der Waals surface area contributed by atoms with Gasteiger partial charge < -0.3 is 4.90 Å². The molecule has 0 bridgehead atoms. The van der Waals surface area contributed by atoms with Gasteiger partial charge in [-0.05, 0) is 48.2 Å². The topological polar surface area (TPSA) is 67.3 Å². The molecular formula is C20H23BrN2O3S. The smallest absolute Gasteiger partial charge is 0.238 e. The Kier molecular flexibility index (Phi) is 6.65. The molecule has 144 valence electrons. The summed E-state index contributed by atoms with van der Waals surface area (Å²) in [5, 5.41) is 0. The zero-order valence-corrected chi connectivity index (χ0v) is 17.5. The van der Waals surface area contributed by atoms with Crippen LogP contribution in [0.1, 0.15) is 42.9 Å². The van der Waals surface area contributed by atoms with Crippen LogP contribution in [-0.4, -0.2) is 36.5 Å². The Bertz CT molecular complexity index is 870. The van der Waals surface area contributed by atoms with E-state index in [1.807, 2.05) is 12.1 Å². The first-order valence-electron chi connectivity index (χ1n) is 9.09. The second kappa shape index (κ2) is 8.97. The number of pyridine rings is 1. The summed E-state index contributed by atoms with van der Waals surface area (Å²) in [5.41, 5.74) is 1.71. The Morgan fingerprint density at radius 3 is 2.48 bits per heavy atom. The predicted octanol–water partition coefficient (Wildman–Crippen LogP) is 3.90. The summed E-state index contributed by atoms with van der Waals surface area (Å²) >= 11 is 3.34. The summed E-state index contributed by atoms with van der Waals surface area (Å²) in [7, 11) is -3.53. The fourth-order valence-corrected chi connectivity index (χ4v) is 5.10. The van der Waals surface area contributed by atoms with E-state index in [1.165, 1.54) is 0 Å². The van der Waals surface area contributed by atoms with Crippen molar-refractivity contribution in [2.24, 2.45) is 0 Å². The zero-order chi connectivity index (χ0) is 19.3. The molecule has 1 fully saturated rings. The normalized spacial score (nSPS) is 18.1. The number of carbonyl (C=O) groups excluding carboxylic acids is 1. The van der Waals surface area contributed by atoms with E-state index in [0.717, 1.165) is 35.7 Å². The first-order chi connectivity index (χ1) is 12.9. The molecule has 1 unspecified atom stereocenters. The Hall–Kier alpha value is -1.73. The minimum absolute atomic E-state index is 0.0779. The lowest BCUT2D eigenvalue weighted by Crippen LogP contribution is -2.38. The number of aromatic nitrogens is 1. The maximum absolute atomic E-state index is 12.9. The third kappa shape index (κ3) is 5.62. The maximum Gasteiger partial charge on any atom is 0.238 e. The molecule has 0 spiro atoms. The Morgan fingerprint density at radius 2 is 1.78 bits per heavy atom. The highest BCUT2D eigenvalue weighted by molar-refractivity contribution is 9.10. The molecule has 5 nitrogen and oxygen atoms in total. The van der Waals surface area contributed by atoms with Crippen LogP contribution in [0.3, 0.4) is 0 Å². The number of likely N-dealkylation sites (tertiary alicyclic amines) is 1. The van der Waals surface area contributed by atoms with E-state index in [-0.39, 0.29) is 17.7 Å². The van der Waals surface area contributed by atoms with Crippen molar-refractivity contribution >= 4 is 31.7 Å².